The molecule has 2 aromatic rings. The molecule has 0 saturated carbocycles. The molecule has 0 amide bonds. The van der Waals surface area contributed by atoms with Crippen LogP contribution in [0.5, 0.6) is 0 Å². The van der Waals surface area contributed by atoms with Crippen LogP contribution in [0.1, 0.15) is 44.3 Å². The fourth-order valence-corrected chi connectivity index (χ4v) is 2.59. The number of allylic oxidation sites excluding steroid dienone is 1. The van der Waals surface area contributed by atoms with Crippen molar-refractivity contribution in [2.45, 2.75) is 39.5 Å². The quantitative estimate of drug-likeness (QED) is 0.772. The highest BCUT2D eigenvalue weighted by Gasteiger charge is 2.19. The number of aromatic nitrogens is 3. The lowest BCUT2D eigenvalue weighted by atomic mass is 10.2. The van der Waals surface area contributed by atoms with E-state index < -0.39 is 5.69 Å². The van der Waals surface area contributed by atoms with Gasteiger partial charge in [0.2, 0.25) is 5.91 Å². The standard InChI is InChI=1S/C15H18BrN3O2/c1-4-5-6-7-13(20)19-12-8-11(16)9-17-14(12)18(10(2)3)15(19)21/h8-9H,2,4-7H2,1,3H3. The predicted octanol–water partition coefficient (Wildman–Crippen LogP) is 3.67. The summed E-state index contributed by atoms with van der Waals surface area (Å²) in [4.78, 5) is 29.1. The van der Waals surface area contributed by atoms with Gasteiger partial charge in [-0.25, -0.2) is 18.9 Å². The lowest BCUT2D eigenvalue weighted by Crippen LogP contribution is -2.28. The van der Waals surface area contributed by atoms with Gasteiger partial charge in [0, 0.05) is 22.8 Å². The Kier molecular flexibility index (Phi) is 4.77. The van der Waals surface area contributed by atoms with Crippen LogP contribution in [0.15, 0.2) is 28.1 Å². The summed E-state index contributed by atoms with van der Waals surface area (Å²) in [5, 5.41) is 0. The van der Waals surface area contributed by atoms with Gasteiger partial charge in [-0.3, -0.25) is 4.79 Å². The molecule has 0 aromatic carbocycles. The zero-order valence-corrected chi connectivity index (χ0v) is 13.8. The third-order valence-electron chi connectivity index (χ3n) is 3.27. The molecule has 0 aliphatic rings. The number of rotatable bonds is 5. The van der Waals surface area contributed by atoms with E-state index in [1.807, 2.05) is 0 Å². The first kappa shape index (κ1) is 15.7. The van der Waals surface area contributed by atoms with Crippen molar-refractivity contribution in [2.75, 3.05) is 0 Å². The van der Waals surface area contributed by atoms with Crippen LogP contribution in [0.4, 0.5) is 0 Å². The summed E-state index contributed by atoms with van der Waals surface area (Å²) < 4.78 is 3.31. The highest BCUT2D eigenvalue weighted by Crippen LogP contribution is 2.19. The summed E-state index contributed by atoms with van der Waals surface area (Å²) >= 11 is 3.33. The molecule has 2 heterocycles. The number of halogens is 1. The molecule has 2 aromatic heterocycles. The maximum atomic E-state index is 12.5. The second-order valence-corrected chi connectivity index (χ2v) is 5.95. The minimum atomic E-state index is -0.399. The van der Waals surface area contributed by atoms with E-state index in [2.05, 4.69) is 34.4 Å². The van der Waals surface area contributed by atoms with Crippen molar-refractivity contribution in [3.8, 4) is 0 Å². The molecule has 6 heteroatoms. The second-order valence-electron chi connectivity index (χ2n) is 5.04. The normalized spacial score (nSPS) is 11.0. The van der Waals surface area contributed by atoms with Gasteiger partial charge in [0.25, 0.3) is 0 Å². The van der Waals surface area contributed by atoms with Gasteiger partial charge in [0.15, 0.2) is 5.65 Å². The van der Waals surface area contributed by atoms with Crippen molar-refractivity contribution in [1.29, 1.82) is 0 Å². The van der Waals surface area contributed by atoms with Crippen LogP contribution in [-0.2, 0) is 0 Å². The Morgan fingerprint density at radius 3 is 2.71 bits per heavy atom. The van der Waals surface area contributed by atoms with Crippen LogP contribution in [0.3, 0.4) is 0 Å². The van der Waals surface area contributed by atoms with E-state index in [-0.39, 0.29) is 5.91 Å². The molecule has 5 nitrogen and oxygen atoms in total. The van der Waals surface area contributed by atoms with Crippen molar-refractivity contribution in [2.24, 2.45) is 0 Å². The van der Waals surface area contributed by atoms with Crippen molar-refractivity contribution in [3.05, 3.63) is 33.8 Å². The van der Waals surface area contributed by atoms with E-state index in [4.69, 9.17) is 0 Å². The molecule has 0 unspecified atom stereocenters. The summed E-state index contributed by atoms with van der Waals surface area (Å²) in [5.41, 5.74) is 1.11. The fourth-order valence-electron chi connectivity index (χ4n) is 2.27. The minimum Gasteiger partial charge on any atom is -0.274 e. The first-order valence-corrected chi connectivity index (χ1v) is 7.74. The Bertz CT molecular complexity index is 758. The Morgan fingerprint density at radius 1 is 1.38 bits per heavy atom. The number of nitrogens with zero attached hydrogens (tertiary/aromatic N) is 3. The molecule has 0 bridgehead atoms. The molecular weight excluding hydrogens is 334 g/mol. The van der Waals surface area contributed by atoms with Gasteiger partial charge in [0.05, 0.1) is 5.52 Å². The average Bonchev–Trinajstić information content (AvgIpc) is 2.70. The van der Waals surface area contributed by atoms with Gasteiger partial charge in [-0.1, -0.05) is 26.3 Å². The smallest absolute Gasteiger partial charge is 0.274 e. The Labute approximate surface area is 131 Å². The van der Waals surface area contributed by atoms with Gasteiger partial charge in [-0.05, 0) is 35.3 Å². The van der Waals surface area contributed by atoms with Gasteiger partial charge in [-0.2, -0.15) is 0 Å². The highest BCUT2D eigenvalue weighted by molar-refractivity contribution is 9.10. The van der Waals surface area contributed by atoms with E-state index >= 15 is 0 Å². The van der Waals surface area contributed by atoms with E-state index in [1.54, 1.807) is 19.2 Å². The summed E-state index contributed by atoms with van der Waals surface area (Å²) in [6.07, 6.45) is 4.75. The lowest BCUT2D eigenvalue weighted by Gasteiger charge is -2.01. The highest BCUT2D eigenvalue weighted by atomic mass is 79.9. The van der Waals surface area contributed by atoms with E-state index in [0.29, 0.717) is 23.3 Å². The van der Waals surface area contributed by atoms with E-state index in [1.165, 1.54) is 9.13 Å². The van der Waals surface area contributed by atoms with Gasteiger partial charge < -0.3 is 0 Å². The Morgan fingerprint density at radius 2 is 2.10 bits per heavy atom. The van der Waals surface area contributed by atoms with E-state index in [9.17, 15) is 9.59 Å². The molecule has 0 aliphatic heterocycles. The molecule has 0 fully saturated rings. The predicted molar refractivity (Wildman–Crippen MR) is 87.5 cm³/mol. The maximum Gasteiger partial charge on any atom is 0.341 e. The third kappa shape index (κ3) is 3.00. The summed E-state index contributed by atoms with van der Waals surface area (Å²) in [6, 6.07) is 1.74. The maximum absolute atomic E-state index is 12.5. The SMILES string of the molecule is C=C(C)n1c(=O)n(C(=O)CCCCC)c2cc(Br)cnc21. The molecular formula is C15H18BrN3O2. The van der Waals surface area contributed by atoms with Gasteiger partial charge >= 0.3 is 5.69 Å². The van der Waals surface area contributed by atoms with Crippen LogP contribution in [0, 0.1) is 0 Å². The number of hydrogen-bond donors (Lipinski definition) is 0. The summed E-state index contributed by atoms with van der Waals surface area (Å²) in [5.74, 6) is -0.196. The second kappa shape index (κ2) is 6.39. The zero-order valence-electron chi connectivity index (χ0n) is 12.2. The number of fused-ring (bicyclic) bond motifs is 1. The number of imidazole rings is 1. The summed E-state index contributed by atoms with van der Waals surface area (Å²) in [7, 11) is 0. The van der Waals surface area contributed by atoms with Crippen molar-refractivity contribution in [3.63, 3.8) is 0 Å². The van der Waals surface area contributed by atoms with Crippen molar-refractivity contribution < 1.29 is 4.79 Å². The largest absolute Gasteiger partial charge is 0.341 e. The molecule has 0 N–H and O–H groups in total. The third-order valence-corrected chi connectivity index (χ3v) is 3.71. The fraction of sp³-hybridized carbons (Fsp3) is 0.400. The molecule has 2 rings (SSSR count). The van der Waals surface area contributed by atoms with Crippen molar-refractivity contribution in [1.82, 2.24) is 14.1 Å². The zero-order chi connectivity index (χ0) is 15.6. The molecule has 0 saturated heterocycles. The Hall–Kier alpha value is -1.69. The van der Waals surface area contributed by atoms with Crippen LogP contribution in [0.2, 0.25) is 0 Å². The van der Waals surface area contributed by atoms with Crippen LogP contribution in [-0.4, -0.2) is 20.0 Å². The number of carbonyl (C=O) groups is 1. The van der Waals surface area contributed by atoms with E-state index in [0.717, 1.165) is 23.7 Å². The molecule has 0 radical (unpaired) electrons. The number of carbonyl (C=O) groups excluding carboxylic acids is 1. The lowest BCUT2D eigenvalue weighted by molar-refractivity contribution is 0.0900. The number of hydrogen-bond acceptors (Lipinski definition) is 3. The molecule has 0 aliphatic carbocycles. The molecule has 112 valence electrons. The first-order valence-electron chi connectivity index (χ1n) is 6.95. The monoisotopic (exact) mass is 351 g/mol. The van der Waals surface area contributed by atoms with Gasteiger partial charge in [0.1, 0.15) is 0 Å². The number of pyridine rings is 1. The molecule has 21 heavy (non-hydrogen) atoms. The first-order chi connectivity index (χ1) is 9.97. The van der Waals surface area contributed by atoms with Crippen LogP contribution < -0.4 is 5.69 Å². The van der Waals surface area contributed by atoms with Gasteiger partial charge in [-0.15, -0.1) is 0 Å². The summed E-state index contributed by atoms with van der Waals surface area (Å²) in [6.45, 7) is 7.59. The van der Waals surface area contributed by atoms with Crippen LogP contribution >= 0.6 is 15.9 Å². The van der Waals surface area contributed by atoms with Crippen LogP contribution in [0.25, 0.3) is 16.9 Å². The average molecular weight is 352 g/mol. The minimum absolute atomic E-state index is 0.196. The molecule has 0 atom stereocenters. The molecule has 0 spiro atoms. The number of unbranched alkanes of at least 4 members (excludes halogenated alkanes) is 2. The van der Waals surface area contributed by atoms with Crippen molar-refractivity contribution >= 4 is 38.7 Å². The topological polar surface area (TPSA) is 56.9 Å². The Balaban J connectivity index is 2.59.